The fraction of sp³-hybridized carbons (Fsp3) is 0.714. The molecule has 2 heterocycles. The minimum atomic E-state index is -0.0228. The number of hydrogen-bond donors (Lipinski definition) is 2. The highest BCUT2D eigenvalue weighted by Crippen LogP contribution is 2.15. The average molecular weight is 281 g/mol. The molecular formula is C14H23N3OS. The zero-order valence-electron chi connectivity index (χ0n) is 11.9. The van der Waals surface area contributed by atoms with E-state index in [-0.39, 0.29) is 11.9 Å². The first kappa shape index (κ1) is 14.5. The lowest BCUT2D eigenvalue weighted by molar-refractivity contribution is 0.0921. The molecule has 4 nitrogen and oxygen atoms in total. The molecule has 0 spiro atoms. The molecule has 1 aliphatic heterocycles. The Morgan fingerprint density at radius 2 is 2.42 bits per heavy atom. The largest absolute Gasteiger partial charge is 0.348 e. The van der Waals surface area contributed by atoms with Crippen LogP contribution in [0.2, 0.25) is 0 Å². The van der Waals surface area contributed by atoms with Crippen LogP contribution in [-0.2, 0) is 6.42 Å². The SMILES string of the molecule is CC(C)Cc1nc(C(=O)NC2CCNC(C)C2)cs1. The lowest BCUT2D eigenvalue weighted by Gasteiger charge is -2.28. The van der Waals surface area contributed by atoms with Gasteiger partial charge in [0.15, 0.2) is 0 Å². The molecule has 0 aromatic carbocycles. The van der Waals surface area contributed by atoms with Gasteiger partial charge in [0.25, 0.3) is 5.91 Å². The second kappa shape index (κ2) is 6.48. The van der Waals surface area contributed by atoms with Crippen molar-refractivity contribution in [2.24, 2.45) is 5.92 Å². The van der Waals surface area contributed by atoms with Gasteiger partial charge in [0.2, 0.25) is 0 Å². The number of nitrogens with one attached hydrogen (secondary N) is 2. The molecule has 19 heavy (non-hydrogen) atoms. The van der Waals surface area contributed by atoms with Crippen molar-refractivity contribution in [1.29, 1.82) is 0 Å². The van der Waals surface area contributed by atoms with Gasteiger partial charge in [-0.05, 0) is 32.2 Å². The zero-order chi connectivity index (χ0) is 13.8. The van der Waals surface area contributed by atoms with E-state index in [9.17, 15) is 4.79 Å². The summed E-state index contributed by atoms with van der Waals surface area (Å²) in [6.07, 6.45) is 2.94. The van der Waals surface area contributed by atoms with Gasteiger partial charge in [-0.15, -0.1) is 11.3 Å². The van der Waals surface area contributed by atoms with Crippen molar-refractivity contribution in [2.75, 3.05) is 6.54 Å². The van der Waals surface area contributed by atoms with Gasteiger partial charge in [-0.3, -0.25) is 4.79 Å². The van der Waals surface area contributed by atoms with E-state index < -0.39 is 0 Å². The van der Waals surface area contributed by atoms with Crippen molar-refractivity contribution in [1.82, 2.24) is 15.6 Å². The maximum Gasteiger partial charge on any atom is 0.270 e. The number of amides is 1. The summed E-state index contributed by atoms with van der Waals surface area (Å²) in [5.74, 6) is 0.553. The van der Waals surface area contributed by atoms with E-state index in [4.69, 9.17) is 0 Å². The minimum absolute atomic E-state index is 0.0228. The van der Waals surface area contributed by atoms with E-state index >= 15 is 0 Å². The van der Waals surface area contributed by atoms with E-state index in [2.05, 4.69) is 36.4 Å². The van der Waals surface area contributed by atoms with Gasteiger partial charge in [0, 0.05) is 23.9 Å². The maximum atomic E-state index is 12.1. The van der Waals surface area contributed by atoms with Crippen LogP contribution in [0, 0.1) is 5.92 Å². The number of rotatable bonds is 4. The summed E-state index contributed by atoms with van der Waals surface area (Å²) in [5.41, 5.74) is 0.576. The maximum absolute atomic E-state index is 12.1. The Balaban J connectivity index is 1.90. The highest BCUT2D eigenvalue weighted by atomic mass is 32.1. The van der Waals surface area contributed by atoms with E-state index in [1.54, 1.807) is 11.3 Å². The molecule has 5 heteroatoms. The second-order valence-electron chi connectivity index (χ2n) is 5.77. The summed E-state index contributed by atoms with van der Waals surface area (Å²) in [5, 5.41) is 9.41. The van der Waals surface area contributed by atoms with Gasteiger partial charge in [0.05, 0.1) is 5.01 Å². The summed E-state index contributed by atoms with van der Waals surface area (Å²) in [4.78, 5) is 16.6. The van der Waals surface area contributed by atoms with Crippen LogP contribution in [0.5, 0.6) is 0 Å². The van der Waals surface area contributed by atoms with E-state index in [0.29, 0.717) is 17.7 Å². The van der Waals surface area contributed by atoms with Crippen LogP contribution in [0.4, 0.5) is 0 Å². The Bertz CT molecular complexity index is 430. The molecular weight excluding hydrogens is 258 g/mol. The zero-order valence-corrected chi connectivity index (χ0v) is 12.7. The van der Waals surface area contributed by atoms with Crippen molar-refractivity contribution >= 4 is 17.2 Å². The summed E-state index contributed by atoms with van der Waals surface area (Å²) in [6.45, 7) is 7.46. The van der Waals surface area contributed by atoms with Gasteiger partial charge in [0.1, 0.15) is 5.69 Å². The highest BCUT2D eigenvalue weighted by molar-refractivity contribution is 7.09. The highest BCUT2D eigenvalue weighted by Gasteiger charge is 2.21. The van der Waals surface area contributed by atoms with E-state index in [1.165, 1.54) is 0 Å². The predicted octanol–water partition coefficient (Wildman–Crippen LogP) is 2.21. The minimum Gasteiger partial charge on any atom is -0.348 e. The normalized spacial score (nSPS) is 23.6. The summed E-state index contributed by atoms with van der Waals surface area (Å²) < 4.78 is 0. The van der Waals surface area contributed by atoms with E-state index in [1.807, 2.05) is 5.38 Å². The quantitative estimate of drug-likeness (QED) is 0.889. The Labute approximate surface area is 119 Å². The van der Waals surface area contributed by atoms with Crippen LogP contribution in [0.1, 0.15) is 49.1 Å². The van der Waals surface area contributed by atoms with Crippen molar-refractivity contribution < 1.29 is 4.79 Å². The van der Waals surface area contributed by atoms with Crippen LogP contribution in [0.25, 0.3) is 0 Å². The van der Waals surface area contributed by atoms with Crippen LogP contribution in [0.15, 0.2) is 5.38 Å². The third-order valence-corrected chi connectivity index (χ3v) is 4.20. The Hall–Kier alpha value is -0.940. The first-order chi connectivity index (χ1) is 9.04. The Kier molecular flexibility index (Phi) is 4.93. The molecule has 1 aromatic rings. The molecule has 1 aromatic heterocycles. The molecule has 2 atom stereocenters. The number of carbonyl (C=O) groups excluding carboxylic acids is 1. The smallest absolute Gasteiger partial charge is 0.270 e. The average Bonchev–Trinajstić information content (AvgIpc) is 2.76. The molecule has 1 saturated heterocycles. The summed E-state index contributed by atoms with van der Waals surface area (Å²) in [7, 11) is 0. The Morgan fingerprint density at radius 3 is 3.11 bits per heavy atom. The molecule has 2 rings (SSSR count). The topological polar surface area (TPSA) is 54.0 Å². The Morgan fingerprint density at radius 1 is 1.63 bits per heavy atom. The van der Waals surface area contributed by atoms with Gasteiger partial charge in [-0.2, -0.15) is 0 Å². The van der Waals surface area contributed by atoms with Gasteiger partial charge in [-0.25, -0.2) is 4.98 Å². The van der Waals surface area contributed by atoms with Crippen molar-refractivity contribution in [3.63, 3.8) is 0 Å². The predicted molar refractivity (Wildman–Crippen MR) is 78.6 cm³/mol. The number of aromatic nitrogens is 1. The molecule has 0 aliphatic carbocycles. The lowest BCUT2D eigenvalue weighted by atomic mass is 10.0. The van der Waals surface area contributed by atoms with Gasteiger partial charge >= 0.3 is 0 Å². The first-order valence-corrected chi connectivity index (χ1v) is 7.91. The summed E-state index contributed by atoms with van der Waals surface area (Å²) in [6, 6.07) is 0.755. The van der Waals surface area contributed by atoms with Gasteiger partial charge < -0.3 is 10.6 Å². The number of nitrogens with zero attached hydrogens (tertiary/aromatic N) is 1. The number of hydrogen-bond acceptors (Lipinski definition) is 4. The molecule has 2 unspecified atom stereocenters. The number of thiazole rings is 1. The molecule has 106 valence electrons. The van der Waals surface area contributed by atoms with Crippen LogP contribution in [-0.4, -0.2) is 29.5 Å². The molecule has 2 N–H and O–H groups in total. The van der Waals surface area contributed by atoms with Crippen LogP contribution < -0.4 is 10.6 Å². The molecule has 0 bridgehead atoms. The second-order valence-corrected chi connectivity index (χ2v) is 6.72. The van der Waals surface area contributed by atoms with Crippen molar-refractivity contribution in [2.45, 2.75) is 52.1 Å². The first-order valence-electron chi connectivity index (χ1n) is 7.03. The third-order valence-electron chi connectivity index (χ3n) is 3.33. The number of piperidine rings is 1. The van der Waals surface area contributed by atoms with Crippen molar-refractivity contribution in [3.05, 3.63) is 16.1 Å². The van der Waals surface area contributed by atoms with E-state index in [0.717, 1.165) is 30.8 Å². The molecule has 0 radical (unpaired) electrons. The number of carbonyl (C=O) groups is 1. The third kappa shape index (κ3) is 4.28. The van der Waals surface area contributed by atoms with Gasteiger partial charge in [-0.1, -0.05) is 13.8 Å². The summed E-state index contributed by atoms with van der Waals surface area (Å²) >= 11 is 1.58. The molecule has 1 fully saturated rings. The van der Waals surface area contributed by atoms with Crippen LogP contribution >= 0.6 is 11.3 Å². The fourth-order valence-electron chi connectivity index (χ4n) is 2.38. The molecule has 1 aliphatic rings. The lowest BCUT2D eigenvalue weighted by Crippen LogP contribution is -2.46. The fourth-order valence-corrected chi connectivity index (χ4v) is 3.37. The monoisotopic (exact) mass is 281 g/mol. The van der Waals surface area contributed by atoms with Crippen molar-refractivity contribution in [3.8, 4) is 0 Å². The standard InChI is InChI=1S/C14H23N3OS/c1-9(2)6-13-17-12(8-19-13)14(18)16-11-4-5-15-10(3)7-11/h8-11,15H,4-7H2,1-3H3,(H,16,18). The van der Waals surface area contributed by atoms with Crippen LogP contribution in [0.3, 0.4) is 0 Å². The molecule has 0 saturated carbocycles. The molecule has 1 amide bonds.